The van der Waals surface area contributed by atoms with Crippen LogP contribution in [0.2, 0.25) is 0 Å². The molecule has 0 atom stereocenters. The maximum atomic E-state index is 13.0. The van der Waals surface area contributed by atoms with Crippen LogP contribution in [0, 0.1) is 24.0 Å². The van der Waals surface area contributed by atoms with Crippen molar-refractivity contribution in [3.63, 3.8) is 0 Å². The van der Waals surface area contributed by atoms with Crippen LogP contribution in [0.1, 0.15) is 29.2 Å². The van der Waals surface area contributed by atoms with Gasteiger partial charge in [0.25, 0.3) is 22.7 Å². The molecule has 0 bridgehead atoms. The maximum Gasteiger partial charge on any atom is 0.293 e. The zero-order valence-electron chi connectivity index (χ0n) is 22.1. The molecule has 1 N–H and O–H groups in total. The predicted molar refractivity (Wildman–Crippen MR) is 152 cm³/mol. The number of amides is 3. The zero-order valence-corrected chi connectivity index (χ0v) is 22.9. The lowest BCUT2D eigenvalue weighted by Crippen LogP contribution is -2.27. The van der Waals surface area contributed by atoms with Gasteiger partial charge in [-0.15, -0.1) is 0 Å². The molecule has 3 aromatic carbocycles. The summed E-state index contributed by atoms with van der Waals surface area (Å²) in [5.74, 6) is -0.0352. The van der Waals surface area contributed by atoms with Gasteiger partial charge in [0.15, 0.2) is 18.1 Å². The fraction of sp³-hybridized carbons (Fsp3) is 0.207. The summed E-state index contributed by atoms with van der Waals surface area (Å²) in [6.45, 7) is 5.90. The molecule has 3 amide bonds. The summed E-state index contributed by atoms with van der Waals surface area (Å²) in [6, 6.07) is 16.3. The highest BCUT2D eigenvalue weighted by Crippen LogP contribution is 2.35. The molecular formula is C29H27N3O7S. The van der Waals surface area contributed by atoms with Crippen molar-refractivity contribution >= 4 is 46.3 Å². The van der Waals surface area contributed by atoms with Gasteiger partial charge in [-0.25, -0.2) is 0 Å². The number of nitrogens with zero attached hydrogens (tertiary/aromatic N) is 2. The highest BCUT2D eigenvalue weighted by Gasteiger charge is 2.35. The maximum absolute atomic E-state index is 13.0. The summed E-state index contributed by atoms with van der Waals surface area (Å²) < 4.78 is 11.4. The number of non-ortho nitro benzene ring substituents is 1. The molecule has 0 aliphatic carbocycles. The molecule has 0 saturated carbocycles. The molecular weight excluding hydrogens is 534 g/mol. The van der Waals surface area contributed by atoms with E-state index in [0.29, 0.717) is 34.9 Å². The van der Waals surface area contributed by atoms with E-state index in [1.165, 1.54) is 24.3 Å². The van der Waals surface area contributed by atoms with E-state index < -0.39 is 16.1 Å². The molecule has 1 saturated heterocycles. The Morgan fingerprint density at radius 3 is 2.42 bits per heavy atom. The van der Waals surface area contributed by atoms with E-state index in [1.54, 1.807) is 24.3 Å². The first-order valence-corrected chi connectivity index (χ1v) is 13.2. The van der Waals surface area contributed by atoms with Crippen LogP contribution in [0.3, 0.4) is 0 Å². The van der Waals surface area contributed by atoms with E-state index >= 15 is 0 Å². The van der Waals surface area contributed by atoms with Crippen molar-refractivity contribution in [1.29, 1.82) is 0 Å². The molecule has 1 aliphatic rings. The number of carbonyl (C=O) groups excluding carboxylic acids is 3. The lowest BCUT2D eigenvalue weighted by atomic mass is 10.1. The van der Waals surface area contributed by atoms with Gasteiger partial charge in [-0.3, -0.25) is 29.4 Å². The molecule has 1 aliphatic heterocycles. The third-order valence-corrected chi connectivity index (χ3v) is 6.98. The van der Waals surface area contributed by atoms with Crippen molar-refractivity contribution in [3.05, 3.63) is 97.9 Å². The van der Waals surface area contributed by atoms with Crippen molar-refractivity contribution in [1.82, 2.24) is 4.90 Å². The van der Waals surface area contributed by atoms with Crippen LogP contribution >= 0.6 is 11.8 Å². The average molecular weight is 562 g/mol. The van der Waals surface area contributed by atoms with Gasteiger partial charge >= 0.3 is 0 Å². The Bertz CT molecular complexity index is 1500. The van der Waals surface area contributed by atoms with Crippen molar-refractivity contribution in [2.75, 3.05) is 18.5 Å². The normalized spacial score (nSPS) is 14.0. The quantitative estimate of drug-likeness (QED) is 0.185. The van der Waals surface area contributed by atoms with E-state index in [1.807, 2.05) is 39.0 Å². The minimum absolute atomic E-state index is 0.00119. The number of rotatable bonds is 10. The summed E-state index contributed by atoms with van der Waals surface area (Å²) in [5, 5.41) is 13.2. The molecule has 3 aromatic rings. The van der Waals surface area contributed by atoms with E-state index in [2.05, 4.69) is 5.32 Å². The second-order valence-electron chi connectivity index (χ2n) is 8.97. The monoisotopic (exact) mass is 561 g/mol. The molecule has 11 heteroatoms. The number of ether oxygens (including phenoxy) is 2. The molecule has 4 rings (SSSR count). The van der Waals surface area contributed by atoms with Crippen molar-refractivity contribution < 1.29 is 28.8 Å². The van der Waals surface area contributed by atoms with E-state index in [0.717, 1.165) is 27.8 Å². The van der Waals surface area contributed by atoms with E-state index in [-0.39, 0.29) is 29.7 Å². The summed E-state index contributed by atoms with van der Waals surface area (Å²) in [5.41, 5.74) is 4.01. The number of hydrogen-bond donors (Lipinski definition) is 1. The number of aryl methyl sites for hydroxylation is 2. The van der Waals surface area contributed by atoms with Gasteiger partial charge in [-0.05, 0) is 85.1 Å². The summed E-state index contributed by atoms with van der Waals surface area (Å²) >= 11 is 0.809. The number of nitro groups is 1. The highest BCUT2D eigenvalue weighted by atomic mass is 32.2. The van der Waals surface area contributed by atoms with Gasteiger partial charge in [0.2, 0.25) is 0 Å². The Balaban J connectivity index is 1.43. The summed E-state index contributed by atoms with van der Waals surface area (Å²) in [4.78, 5) is 49.6. The molecule has 0 radical (unpaired) electrons. The van der Waals surface area contributed by atoms with Crippen molar-refractivity contribution in [2.45, 2.75) is 27.3 Å². The van der Waals surface area contributed by atoms with Gasteiger partial charge < -0.3 is 14.8 Å². The second kappa shape index (κ2) is 12.5. The minimum atomic E-state index is -0.513. The fourth-order valence-electron chi connectivity index (χ4n) is 3.85. The Hall–Kier alpha value is -4.64. The fourth-order valence-corrected chi connectivity index (χ4v) is 4.69. The number of benzene rings is 3. The van der Waals surface area contributed by atoms with Crippen molar-refractivity contribution in [3.8, 4) is 11.5 Å². The van der Waals surface area contributed by atoms with Gasteiger partial charge in [-0.2, -0.15) is 0 Å². The lowest BCUT2D eigenvalue weighted by molar-refractivity contribution is -0.384. The number of nitrogens with one attached hydrogen (secondary N) is 1. The lowest BCUT2D eigenvalue weighted by Gasteiger charge is -2.13. The number of hydrogen-bond acceptors (Lipinski definition) is 8. The molecule has 0 aromatic heterocycles. The number of carbonyl (C=O) groups is 3. The van der Waals surface area contributed by atoms with Crippen LogP contribution in [0.4, 0.5) is 16.2 Å². The Morgan fingerprint density at radius 1 is 1.00 bits per heavy atom. The van der Waals surface area contributed by atoms with Gasteiger partial charge in [0.1, 0.15) is 0 Å². The zero-order chi connectivity index (χ0) is 28.8. The first kappa shape index (κ1) is 28.4. The number of nitro benzene ring substituents is 1. The largest absolute Gasteiger partial charge is 0.490 e. The Kier molecular flexibility index (Phi) is 8.85. The van der Waals surface area contributed by atoms with Gasteiger partial charge in [0.05, 0.1) is 23.0 Å². The first-order valence-electron chi connectivity index (χ1n) is 12.4. The summed E-state index contributed by atoms with van der Waals surface area (Å²) in [7, 11) is 0. The predicted octanol–water partition coefficient (Wildman–Crippen LogP) is 5.86. The molecule has 0 unspecified atom stereocenters. The SMILES string of the molecule is CCOc1cc(/C=C2\SC(=O)N(Cc3ccc([N+](=O)[O-])cc3)C2=O)ccc1OCC(=O)Nc1ccc(C)c(C)c1. The third-order valence-electron chi connectivity index (χ3n) is 6.08. The van der Waals surface area contributed by atoms with Gasteiger partial charge in [-0.1, -0.05) is 24.3 Å². The van der Waals surface area contributed by atoms with Crippen LogP contribution in [0.25, 0.3) is 6.08 Å². The topological polar surface area (TPSA) is 128 Å². The van der Waals surface area contributed by atoms with Crippen LogP contribution in [-0.4, -0.2) is 40.1 Å². The standard InChI is InChI=1S/C29H27N3O7S/c1-4-38-25-14-21(8-12-24(25)39-17-27(33)30-22-9-5-18(2)19(3)13-22)15-26-28(34)31(29(35)40-26)16-20-6-10-23(11-7-20)32(36)37/h5-15H,4,16-17H2,1-3H3,(H,30,33)/b26-15-. The number of imide groups is 1. The van der Waals surface area contributed by atoms with Crippen LogP contribution in [-0.2, 0) is 16.1 Å². The third kappa shape index (κ3) is 6.86. The minimum Gasteiger partial charge on any atom is -0.490 e. The number of anilines is 1. The second-order valence-corrected chi connectivity index (χ2v) is 9.96. The number of thioether (sulfide) groups is 1. The van der Waals surface area contributed by atoms with Gasteiger partial charge in [0, 0.05) is 17.8 Å². The summed E-state index contributed by atoms with van der Waals surface area (Å²) in [6.07, 6.45) is 1.58. The molecule has 1 fully saturated rings. The smallest absolute Gasteiger partial charge is 0.293 e. The Morgan fingerprint density at radius 2 is 1.75 bits per heavy atom. The van der Waals surface area contributed by atoms with Crippen molar-refractivity contribution in [2.24, 2.45) is 0 Å². The van der Waals surface area contributed by atoms with E-state index in [9.17, 15) is 24.5 Å². The van der Waals surface area contributed by atoms with E-state index in [4.69, 9.17) is 9.47 Å². The Labute approximate surface area is 235 Å². The van der Waals surface area contributed by atoms with Crippen LogP contribution in [0.5, 0.6) is 11.5 Å². The van der Waals surface area contributed by atoms with Crippen LogP contribution < -0.4 is 14.8 Å². The molecule has 10 nitrogen and oxygen atoms in total. The molecule has 1 heterocycles. The first-order chi connectivity index (χ1) is 19.1. The molecule has 0 spiro atoms. The van der Waals surface area contributed by atoms with Crippen LogP contribution in [0.15, 0.2) is 65.6 Å². The molecule has 206 valence electrons. The molecule has 40 heavy (non-hydrogen) atoms. The average Bonchev–Trinajstić information content (AvgIpc) is 3.18. The highest BCUT2D eigenvalue weighted by molar-refractivity contribution is 8.18.